The van der Waals surface area contributed by atoms with E-state index in [1.54, 1.807) is 18.2 Å². The van der Waals surface area contributed by atoms with Crippen molar-refractivity contribution in [3.8, 4) is 11.5 Å². The fraction of sp³-hybridized carbons (Fsp3) is 0.429. The van der Waals surface area contributed by atoms with Gasteiger partial charge in [0.1, 0.15) is 0 Å². The average Bonchev–Trinajstić information content (AvgIpc) is 3.10. The van der Waals surface area contributed by atoms with Crippen LogP contribution in [0.1, 0.15) is 31.5 Å². The Morgan fingerprint density at radius 1 is 1.35 bits per heavy atom. The van der Waals surface area contributed by atoms with Gasteiger partial charge in [-0.3, -0.25) is 0 Å². The molecular formula is C14H16ClN3OS. The van der Waals surface area contributed by atoms with Gasteiger partial charge >= 0.3 is 0 Å². The Labute approximate surface area is 127 Å². The van der Waals surface area contributed by atoms with Crippen molar-refractivity contribution in [2.75, 3.05) is 5.73 Å². The van der Waals surface area contributed by atoms with Gasteiger partial charge in [0, 0.05) is 16.0 Å². The second-order valence-corrected chi connectivity index (χ2v) is 6.69. The summed E-state index contributed by atoms with van der Waals surface area (Å²) in [5, 5.41) is 5.37. The van der Waals surface area contributed by atoms with Gasteiger partial charge in [0.25, 0.3) is 5.89 Å². The summed E-state index contributed by atoms with van der Waals surface area (Å²) in [6, 6.07) is 5.24. The van der Waals surface area contributed by atoms with Crippen molar-refractivity contribution in [2.24, 2.45) is 0 Å². The number of nitrogens with two attached hydrogens (primary N) is 1. The van der Waals surface area contributed by atoms with Crippen molar-refractivity contribution in [1.82, 2.24) is 10.1 Å². The number of nitrogen functional groups attached to an aromatic ring is 1. The maximum Gasteiger partial charge on any atom is 0.260 e. The van der Waals surface area contributed by atoms with Crippen LogP contribution in [-0.2, 0) is 5.75 Å². The van der Waals surface area contributed by atoms with Gasteiger partial charge in [0.15, 0.2) is 5.82 Å². The van der Waals surface area contributed by atoms with E-state index in [1.807, 2.05) is 11.8 Å². The fourth-order valence-corrected chi connectivity index (χ4v) is 3.72. The Morgan fingerprint density at radius 3 is 2.95 bits per heavy atom. The van der Waals surface area contributed by atoms with Gasteiger partial charge in [-0.2, -0.15) is 16.7 Å². The van der Waals surface area contributed by atoms with E-state index in [0.29, 0.717) is 22.2 Å². The smallest absolute Gasteiger partial charge is 0.260 e. The Hall–Kier alpha value is -1.20. The van der Waals surface area contributed by atoms with E-state index in [0.717, 1.165) is 16.8 Å². The molecular weight excluding hydrogens is 294 g/mol. The van der Waals surface area contributed by atoms with Gasteiger partial charge in [-0.1, -0.05) is 29.6 Å². The van der Waals surface area contributed by atoms with Crippen molar-refractivity contribution < 1.29 is 4.52 Å². The summed E-state index contributed by atoms with van der Waals surface area (Å²) in [6.45, 7) is 0. The first-order chi connectivity index (χ1) is 9.72. The third-order valence-corrected chi connectivity index (χ3v) is 5.07. The SMILES string of the molecule is Nc1ccc(Cl)cc1-c1nc(CSC2CCCC2)no1. The molecule has 1 heterocycles. The second kappa shape index (κ2) is 6.06. The summed E-state index contributed by atoms with van der Waals surface area (Å²) in [5.41, 5.74) is 7.20. The Balaban J connectivity index is 1.71. The summed E-state index contributed by atoms with van der Waals surface area (Å²) >= 11 is 7.88. The molecule has 0 radical (unpaired) electrons. The normalized spacial score (nSPS) is 15.8. The number of nitrogens with zero attached hydrogens (tertiary/aromatic N) is 2. The van der Waals surface area contributed by atoms with Crippen molar-refractivity contribution >= 4 is 29.1 Å². The summed E-state index contributed by atoms with van der Waals surface area (Å²) in [6.07, 6.45) is 5.29. The van der Waals surface area contributed by atoms with E-state index in [1.165, 1.54) is 25.7 Å². The maximum absolute atomic E-state index is 5.97. The van der Waals surface area contributed by atoms with E-state index in [2.05, 4.69) is 10.1 Å². The van der Waals surface area contributed by atoms with Gasteiger partial charge in [0.05, 0.1) is 11.3 Å². The molecule has 0 unspecified atom stereocenters. The second-order valence-electron chi connectivity index (χ2n) is 4.96. The summed E-state index contributed by atoms with van der Waals surface area (Å²) < 4.78 is 5.29. The van der Waals surface area contributed by atoms with Crippen molar-refractivity contribution in [2.45, 2.75) is 36.7 Å². The lowest BCUT2D eigenvalue weighted by Gasteiger charge is -2.04. The molecule has 0 bridgehead atoms. The number of hydrogen-bond donors (Lipinski definition) is 1. The minimum atomic E-state index is 0.437. The van der Waals surface area contributed by atoms with Crippen LogP contribution in [0.5, 0.6) is 0 Å². The molecule has 1 aromatic heterocycles. The molecule has 0 saturated heterocycles. The quantitative estimate of drug-likeness (QED) is 0.859. The molecule has 6 heteroatoms. The molecule has 1 fully saturated rings. The number of anilines is 1. The van der Waals surface area contributed by atoms with E-state index >= 15 is 0 Å². The standard InChI is InChI=1S/C14H16ClN3OS/c15-9-5-6-12(16)11(7-9)14-17-13(18-19-14)8-20-10-3-1-2-4-10/h5-7,10H,1-4,8,16H2. The molecule has 1 aliphatic rings. The molecule has 0 aliphatic heterocycles. The summed E-state index contributed by atoms with van der Waals surface area (Å²) in [5.74, 6) is 1.94. The van der Waals surface area contributed by atoms with Crippen molar-refractivity contribution in [1.29, 1.82) is 0 Å². The number of aromatic nitrogens is 2. The molecule has 1 aliphatic carbocycles. The first-order valence-electron chi connectivity index (χ1n) is 6.72. The lowest BCUT2D eigenvalue weighted by molar-refractivity contribution is 0.425. The van der Waals surface area contributed by atoms with Crippen molar-refractivity contribution in [3.05, 3.63) is 29.0 Å². The number of rotatable bonds is 4. The predicted octanol–water partition coefficient (Wildman–Crippen LogP) is 4.15. The van der Waals surface area contributed by atoms with Crippen LogP contribution in [-0.4, -0.2) is 15.4 Å². The average molecular weight is 310 g/mol. The van der Waals surface area contributed by atoms with Gasteiger partial charge < -0.3 is 10.3 Å². The molecule has 0 atom stereocenters. The largest absolute Gasteiger partial charge is 0.398 e. The Bertz CT molecular complexity index is 596. The van der Waals surface area contributed by atoms with Gasteiger partial charge in [0.2, 0.25) is 0 Å². The first-order valence-corrected chi connectivity index (χ1v) is 8.14. The zero-order valence-corrected chi connectivity index (χ0v) is 12.6. The first kappa shape index (κ1) is 13.8. The van der Waals surface area contributed by atoms with E-state index in [4.69, 9.17) is 21.9 Å². The van der Waals surface area contributed by atoms with Crippen LogP contribution in [0.3, 0.4) is 0 Å². The molecule has 0 spiro atoms. The lowest BCUT2D eigenvalue weighted by atomic mass is 10.2. The zero-order valence-electron chi connectivity index (χ0n) is 11.0. The molecule has 1 aromatic carbocycles. The Morgan fingerprint density at radius 2 is 2.15 bits per heavy atom. The molecule has 2 aromatic rings. The van der Waals surface area contributed by atoms with Crippen LogP contribution in [0.15, 0.2) is 22.7 Å². The third-order valence-electron chi connectivity index (χ3n) is 3.46. The van der Waals surface area contributed by atoms with Crippen LogP contribution in [0.25, 0.3) is 11.5 Å². The van der Waals surface area contributed by atoms with Gasteiger partial charge in [-0.25, -0.2) is 0 Å². The highest BCUT2D eigenvalue weighted by Gasteiger charge is 2.17. The van der Waals surface area contributed by atoms with Gasteiger partial charge in [-0.05, 0) is 31.0 Å². The third kappa shape index (κ3) is 3.10. The molecule has 3 rings (SSSR count). The summed E-state index contributed by atoms with van der Waals surface area (Å²) in [7, 11) is 0. The predicted molar refractivity (Wildman–Crippen MR) is 82.7 cm³/mol. The highest BCUT2D eigenvalue weighted by atomic mass is 35.5. The fourth-order valence-electron chi connectivity index (χ4n) is 2.38. The van der Waals surface area contributed by atoms with Crippen LogP contribution in [0, 0.1) is 0 Å². The molecule has 106 valence electrons. The van der Waals surface area contributed by atoms with Crippen molar-refractivity contribution in [3.63, 3.8) is 0 Å². The number of benzene rings is 1. The molecule has 20 heavy (non-hydrogen) atoms. The number of halogens is 1. The molecule has 2 N–H and O–H groups in total. The lowest BCUT2D eigenvalue weighted by Crippen LogP contribution is -1.96. The van der Waals surface area contributed by atoms with Crippen LogP contribution >= 0.6 is 23.4 Å². The van der Waals surface area contributed by atoms with E-state index in [-0.39, 0.29) is 0 Å². The van der Waals surface area contributed by atoms with E-state index in [9.17, 15) is 0 Å². The highest BCUT2D eigenvalue weighted by Crippen LogP contribution is 2.32. The minimum Gasteiger partial charge on any atom is -0.398 e. The summed E-state index contributed by atoms with van der Waals surface area (Å²) in [4.78, 5) is 4.41. The Kier molecular flexibility index (Phi) is 4.17. The van der Waals surface area contributed by atoms with E-state index < -0.39 is 0 Å². The topological polar surface area (TPSA) is 64.9 Å². The van der Waals surface area contributed by atoms with Crippen LogP contribution in [0.2, 0.25) is 5.02 Å². The number of hydrogen-bond acceptors (Lipinski definition) is 5. The minimum absolute atomic E-state index is 0.437. The van der Waals surface area contributed by atoms with Gasteiger partial charge in [-0.15, -0.1) is 0 Å². The monoisotopic (exact) mass is 309 g/mol. The molecule has 0 amide bonds. The number of thioether (sulfide) groups is 1. The maximum atomic E-state index is 5.97. The highest BCUT2D eigenvalue weighted by molar-refractivity contribution is 7.99. The van der Waals surface area contributed by atoms with Crippen LogP contribution in [0.4, 0.5) is 5.69 Å². The molecule has 4 nitrogen and oxygen atoms in total. The molecule has 1 saturated carbocycles. The zero-order chi connectivity index (χ0) is 13.9. The van der Waals surface area contributed by atoms with Crippen LogP contribution < -0.4 is 5.73 Å².